The second-order valence-electron chi connectivity index (χ2n) is 7.19. The third kappa shape index (κ3) is 4.61. The van der Waals surface area contributed by atoms with E-state index in [-0.39, 0.29) is 10.9 Å². The molecule has 2 fully saturated rings. The fourth-order valence-electron chi connectivity index (χ4n) is 3.03. The Kier molecular flexibility index (Phi) is 6.33. The maximum Gasteiger partial charge on any atom is 0.0753 e. The molecule has 0 N–H and O–H groups in total. The average molecular weight is 432 g/mol. The van der Waals surface area contributed by atoms with Crippen molar-refractivity contribution in [1.29, 1.82) is 0 Å². The van der Waals surface area contributed by atoms with Crippen LogP contribution in [0.5, 0.6) is 0 Å². The summed E-state index contributed by atoms with van der Waals surface area (Å²) < 4.78 is 12.0. The Labute approximate surface area is 143 Å². The number of halogens is 2. The molecule has 0 aromatic carbocycles. The van der Waals surface area contributed by atoms with E-state index in [1.54, 1.807) is 0 Å². The minimum atomic E-state index is -0.0140. The van der Waals surface area contributed by atoms with Crippen molar-refractivity contribution >= 4 is 42.8 Å². The summed E-state index contributed by atoms with van der Waals surface area (Å²) in [5.41, 5.74) is 0.327. The van der Waals surface area contributed by atoms with Crippen LogP contribution in [0.2, 0.25) is 0 Å². The van der Waals surface area contributed by atoms with Gasteiger partial charge < -0.3 is 9.47 Å². The maximum absolute atomic E-state index is 6.16. The molecule has 2 aliphatic rings. The molecule has 4 atom stereocenters. The zero-order chi connectivity index (χ0) is 14.8. The zero-order valence-electron chi connectivity index (χ0n) is 12.8. The van der Waals surface area contributed by atoms with Crippen LogP contribution in [0.25, 0.3) is 0 Å². The molecule has 1 saturated heterocycles. The van der Waals surface area contributed by atoms with Crippen LogP contribution < -0.4 is 0 Å². The minimum Gasteiger partial charge on any atom is -0.380 e. The minimum absolute atomic E-state index is 0.0140. The highest BCUT2D eigenvalue weighted by Gasteiger charge is 2.37. The van der Waals surface area contributed by atoms with Gasteiger partial charge in [-0.15, -0.1) is 0 Å². The number of hydrogen-bond donors (Lipinski definition) is 1. The molecule has 1 saturated carbocycles. The third-order valence-electron chi connectivity index (χ3n) is 4.62. The van der Waals surface area contributed by atoms with E-state index in [0.717, 1.165) is 25.8 Å². The second-order valence-corrected chi connectivity index (χ2v) is 12.5. The highest BCUT2D eigenvalue weighted by Crippen LogP contribution is 2.45. The van der Waals surface area contributed by atoms with Crippen molar-refractivity contribution in [2.24, 2.45) is 5.41 Å². The van der Waals surface area contributed by atoms with Crippen molar-refractivity contribution in [2.45, 2.75) is 54.4 Å². The van der Waals surface area contributed by atoms with Crippen LogP contribution in [0.15, 0.2) is 0 Å². The first kappa shape index (κ1) is 17.6. The first-order valence-electron chi connectivity index (χ1n) is 7.51. The summed E-state index contributed by atoms with van der Waals surface area (Å²) in [7, 11) is -0.0140. The predicted octanol–water partition coefficient (Wildman–Crippen LogP) is 4.49. The van der Waals surface area contributed by atoms with Crippen LogP contribution in [0, 0.1) is 5.41 Å². The summed E-state index contributed by atoms with van der Waals surface area (Å²) in [6.07, 6.45) is 3.68. The topological polar surface area (TPSA) is 18.5 Å². The first-order valence-corrected chi connectivity index (χ1v) is 11.1. The molecule has 0 aromatic rings. The Bertz CT molecular complexity index is 321. The van der Waals surface area contributed by atoms with Crippen molar-refractivity contribution in [3.63, 3.8) is 0 Å². The Morgan fingerprint density at radius 3 is 2.70 bits per heavy atom. The van der Waals surface area contributed by atoms with E-state index in [1.807, 2.05) is 0 Å². The number of hydrogen-bond acceptors (Lipinski definition) is 2. The molecular weight excluding hydrogens is 404 g/mol. The van der Waals surface area contributed by atoms with Gasteiger partial charge in [0.2, 0.25) is 0 Å². The molecule has 0 aromatic heterocycles. The van der Waals surface area contributed by atoms with Gasteiger partial charge in [0.1, 0.15) is 0 Å². The van der Waals surface area contributed by atoms with E-state index in [4.69, 9.17) is 9.47 Å². The van der Waals surface area contributed by atoms with Crippen LogP contribution >= 0.6 is 42.8 Å². The summed E-state index contributed by atoms with van der Waals surface area (Å²) in [6, 6.07) is 0. The lowest BCUT2D eigenvalue weighted by Crippen LogP contribution is -2.37. The Hall–Kier alpha value is 1.23. The van der Waals surface area contributed by atoms with E-state index in [0.29, 0.717) is 19.8 Å². The van der Waals surface area contributed by atoms with E-state index >= 15 is 0 Å². The molecule has 0 spiro atoms. The van der Waals surface area contributed by atoms with Crippen molar-refractivity contribution in [1.82, 2.24) is 0 Å². The van der Waals surface area contributed by atoms with Gasteiger partial charge in [-0.1, -0.05) is 52.6 Å². The van der Waals surface area contributed by atoms with Gasteiger partial charge in [0.15, 0.2) is 0 Å². The average Bonchev–Trinajstić information content (AvgIpc) is 2.89. The van der Waals surface area contributed by atoms with E-state index in [9.17, 15) is 0 Å². The fraction of sp³-hybridized carbons (Fsp3) is 1.00. The lowest BCUT2D eigenvalue weighted by molar-refractivity contribution is 0.0269. The van der Waals surface area contributed by atoms with Crippen molar-refractivity contribution < 1.29 is 9.47 Å². The van der Waals surface area contributed by atoms with Gasteiger partial charge in [-0.2, -0.15) is 0 Å². The van der Waals surface area contributed by atoms with Crippen LogP contribution in [0.1, 0.15) is 40.0 Å². The normalized spacial score (nSPS) is 41.0. The highest BCUT2D eigenvalue weighted by molar-refractivity contribution is 9.12. The summed E-state index contributed by atoms with van der Waals surface area (Å²) in [5.74, 6) is 2.22. The molecule has 5 heteroatoms. The second kappa shape index (κ2) is 7.20. The standard InChI is InChI=1S/C15H28Br2O2S/c1-14(2,20-7-6-18-11-20)9-19-10-15(3)5-4-12(16)13(17)8-15/h12-13,20H,4-11H2,1-3H3. The summed E-state index contributed by atoms with van der Waals surface area (Å²) in [6.45, 7) is 9.78. The molecule has 2 nitrogen and oxygen atoms in total. The van der Waals surface area contributed by atoms with Crippen LogP contribution in [0.3, 0.4) is 0 Å². The molecule has 4 unspecified atom stereocenters. The van der Waals surface area contributed by atoms with Gasteiger partial charge in [-0.3, -0.25) is 0 Å². The van der Waals surface area contributed by atoms with E-state index in [2.05, 4.69) is 52.6 Å². The Morgan fingerprint density at radius 2 is 2.10 bits per heavy atom. The quantitative estimate of drug-likeness (QED) is 0.510. The van der Waals surface area contributed by atoms with Crippen LogP contribution in [-0.2, 0) is 9.47 Å². The maximum atomic E-state index is 6.16. The Balaban J connectivity index is 1.77. The molecule has 120 valence electrons. The van der Waals surface area contributed by atoms with Gasteiger partial charge in [-0.25, -0.2) is 10.9 Å². The first-order chi connectivity index (χ1) is 9.32. The molecule has 20 heavy (non-hydrogen) atoms. The smallest absolute Gasteiger partial charge is 0.0753 e. The predicted molar refractivity (Wildman–Crippen MR) is 97.0 cm³/mol. The monoisotopic (exact) mass is 430 g/mol. The van der Waals surface area contributed by atoms with Crippen molar-refractivity contribution in [2.75, 3.05) is 31.5 Å². The molecule has 1 aliphatic heterocycles. The molecule has 0 radical (unpaired) electrons. The van der Waals surface area contributed by atoms with Gasteiger partial charge in [0, 0.05) is 20.2 Å². The molecule has 0 bridgehead atoms. The summed E-state index contributed by atoms with van der Waals surface area (Å²) in [4.78, 5) is 1.19. The third-order valence-corrected chi connectivity index (χ3v) is 10.4. The largest absolute Gasteiger partial charge is 0.380 e. The van der Waals surface area contributed by atoms with Crippen LogP contribution in [0.4, 0.5) is 0 Å². The number of rotatable bonds is 5. The van der Waals surface area contributed by atoms with Crippen molar-refractivity contribution in [3.8, 4) is 0 Å². The lowest BCUT2D eigenvalue weighted by atomic mass is 9.76. The number of thiol groups is 1. The number of ether oxygens (including phenoxy) is 2. The van der Waals surface area contributed by atoms with Gasteiger partial charge in [0.25, 0.3) is 0 Å². The summed E-state index contributed by atoms with van der Waals surface area (Å²) in [5, 5.41) is 0. The molecule has 1 aliphatic carbocycles. The van der Waals surface area contributed by atoms with E-state index in [1.165, 1.54) is 25.0 Å². The van der Waals surface area contributed by atoms with Gasteiger partial charge in [-0.05, 0) is 24.7 Å². The van der Waals surface area contributed by atoms with Crippen LogP contribution in [-0.4, -0.2) is 45.9 Å². The van der Waals surface area contributed by atoms with Crippen molar-refractivity contribution in [3.05, 3.63) is 0 Å². The zero-order valence-corrected chi connectivity index (χ0v) is 16.9. The Morgan fingerprint density at radius 1 is 1.35 bits per heavy atom. The van der Waals surface area contributed by atoms with Gasteiger partial charge in [0.05, 0.1) is 25.8 Å². The fourth-order valence-corrected chi connectivity index (χ4v) is 6.55. The molecule has 2 rings (SSSR count). The number of alkyl halides is 2. The molecule has 0 amide bonds. The van der Waals surface area contributed by atoms with Gasteiger partial charge >= 0.3 is 0 Å². The summed E-state index contributed by atoms with van der Waals surface area (Å²) >= 11 is 7.55. The van der Waals surface area contributed by atoms with E-state index < -0.39 is 0 Å². The highest BCUT2D eigenvalue weighted by atomic mass is 79.9. The molecule has 1 heterocycles. The molecular formula is C15H28Br2O2S. The SMILES string of the molecule is CC1(COCC(C)(C)[SH]2CCOC2)CCC(Br)C(Br)C1. The lowest BCUT2D eigenvalue weighted by Gasteiger charge is -2.40.